The first-order valence-corrected chi connectivity index (χ1v) is 8.95. The fraction of sp³-hybridized carbons (Fsp3) is 0.350. The summed E-state index contributed by atoms with van der Waals surface area (Å²) in [7, 11) is 1.48. The lowest BCUT2D eigenvalue weighted by molar-refractivity contribution is 0.0383. The highest BCUT2D eigenvalue weighted by Crippen LogP contribution is 2.29. The highest BCUT2D eigenvalue weighted by molar-refractivity contribution is 6.00. The highest BCUT2D eigenvalue weighted by Gasteiger charge is 2.14. The van der Waals surface area contributed by atoms with E-state index in [2.05, 4.69) is 15.5 Å². The Morgan fingerprint density at radius 2 is 1.96 bits per heavy atom. The van der Waals surface area contributed by atoms with Crippen LogP contribution >= 0.6 is 0 Å². The standard InChI is InChI=1S/C20H24FN3O3/c1-26-19-14-15(21)6-7-18(19)23-17-5-3-2-4-16(17)20(25)22-8-9-24-10-12-27-13-11-24/h2-7,14,23H,8-13H2,1H3,(H,22,25). The summed E-state index contributed by atoms with van der Waals surface area (Å²) in [4.78, 5) is 14.9. The Hall–Kier alpha value is -2.64. The topological polar surface area (TPSA) is 62.8 Å². The Morgan fingerprint density at radius 3 is 2.74 bits per heavy atom. The molecule has 3 rings (SSSR count). The van der Waals surface area contributed by atoms with Crippen LogP contribution in [0.4, 0.5) is 15.8 Å². The second kappa shape index (κ2) is 9.34. The molecule has 6 nitrogen and oxygen atoms in total. The SMILES string of the molecule is COc1cc(F)ccc1Nc1ccccc1C(=O)NCCN1CCOCC1. The van der Waals surface area contributed by atoms with Crippen LogP contribution in [0, 0.1) is 5.82 Å². The smallest absolute Gasteiger partial charge is 0.253 e. The maximum atomic E-state index is 13.4. The lowest BCUT2D eigenvalue weighted by atomic mass is 10.1. The van der Waals surface area contributed by atoms with Crippen LogP contribution in [-0.2, 0) is 4.74 Å². The number of halogens is 1. The van der Waals surface area contributed by atoms with Crippen LogP contribution in [0.15, 0.2) is 42.5 Å². The molecule has 144 valence electrons. The molecule has 2 N–H and O–H groups in total. The number of rotatable bonds is 7. The monoisotopic (exact) mass is 373 g/mol. The third-order valence-electron chi connectivity index (χ3n) is 4.42. The number of nitrogens with zero attached hydrogens (tertiary/aromatic N) is 1. The van der Waals surface area contributed by atoms with Gasteiger partial charge < -0.3 is 20.1 Å². The van der Waals surface area contributed by atoms with Crippen LogP contribution in [0.3, 0.4) is 0 Å². The van der Waals surface area contributed by atoms with Crippen LogP contribution in [0.2, 0.25) is 0 Å². The summed E-state index contributed by atoms with van der Waals surface area (Å²) >= 11 is 0. The van der Waals surface area contributed by atoms with Gasteiger partial charge in [0.25, 0.3) is 5.91 Å². The van der Waals surface area contributed by atoms with Gasteiger partial charge in [-0.05, 0) is 24.3 Å². The molecule has 0 aliphatic carbocycles. The van der Waals surface area contributed by atoms with Gasteiger partial charge in [-0.3, -0.25) is 9.69 Å². The summed E-state index contributed by atoms with van der Waals surface area (Å²) in [6, 6.07) is 11.4. The first kappa shape index (κ1) is 19.1. The van der Waals surface area contributed by atoms with E-state index in [0.717, 1.165) is 32.8 Å². The Labute approximate surface area is 158 Å². The molecule has 1 aliphatic rings. The first-order chi connectivity index (χ1) is 13.2. The van der Waals surface area contributed by atoms with Crippen molar-refractivity contribution in [2.45, 2.75) is 0 Å². The van der Waals surface area contributed by atoms with Crippen molar-refractivity contribution in [2.24, 2.45) is 0 Å². The predicted molar refractivity (Wildman–Crippen MR) is 102 cm³/mol. The van der Waals surface area contributed by atoms with E-state index in [9.17, 15) is 9.18 Å². The molecule has 1 saturated heterocycles. The van der Waals surface area contributed by atoms with Gasteiger partial charge in [0.15, 0.2) is 0 Å². The maximum absolute atomic E-state index is 13.4. The summed E-state index contributed by atoms with van der Waals surface area (Å²) in [6.45, 7) is 4.60. The first-order valence-electron chi connectivity index (χ1n) is 8.95. The molecule has 0 spiro atoms. The Kier molecular flexibility index (Phi) is 6.62. The van der Waals surface area contributed by atoms with E-state index in [1.165, 1.54) is 19.2 Å². The van der Waals surface area contributed by atoms with Crippen molar-refractivity contribution in [1.29, 1.82) is 0 Å². The van der Waals surface area contributed by atoms with Gasteiger partial charge in [0.2, 0.25) is 0 Å². The maximum Gasteiger partial charge on any atom is 0.253 e. The lowest BCUT2D eigenvalue weighted by Gasteiger charge is -2.26. The van der Waals surface area contributed by atoms with Crippen molar-refractivity contribution in [1.82, 2.24) is 10.2 Å². The average molecular weight is 373 g/mol. The molecule has 7 heteroatoms. The molecule has 2 aromatic rings. The quantitative estimate of drug-likeness (QED) is 0.781. The van der Waals surface area contributed by atoms with E-state index in [0.29, 0.717) is 29.2 Å². The van der Waals surface area contributed by atoms with E-state index in [1.54, 1.807) is 18.2 Å². The van der Waals surface area contributed by atoms with Crippen LogP contribution in [0.25, 0.3) is 0 Å². The summed E-state index contributed by atoms with van der Waals surface area (Å²) < 4.78 is 23.9. The Bertz CT molecular complexity index is 779. The summed E-state index contributed by atoms with van der Waals surface area (Å²) in [6.07, 6.45) is 0. The van der Waals surface area contributed by atoms with Gasteiger partial charge >= 0.3 is 0 Å². The minimum absolute atomic E-state index is 0.160. The third-order valence-corrected chi connectivity index (χ3v) is 4.42. The number of para-hydroxylation sites is 1. The number of carbonyl (C=O) groups excluding carboxylic acids is 1. The van der Waals surface area contributed by atoms with E-state index in [1.807, 2.05) is 12.1 Å². The van der Waals surface area contributed by atoms with Crippen molar-refractivity contribution in [3.8, 4) is 5.75 Å². The number of methoxy groups -OCH3 is 1. The zero-order valence-corrected chi connectivity index (χ0v) is 15.3. The summed E-state index contributed by atoms with van der Waals surface area (Å²) in [5, 5.41) is 6.12. The summed E-state index contributed by atoms with van der Waals surface area (Å²) in [5.74, 6) is -0.170. The molecule has 1 heterocycles. The normalized spacial score (nSPS) is 14.6. The van der Waals surface area contributed by atoms with E-state index in [4.69, 9.17) is 9.47 Å². The second-order valence-electron chi connectivity index (χ2n) is 6.23. The lowest BCUT2D eigenvalue weighted by Crippen LogP contribution is -2.41. The van der Waals surface area contributed by atoms with Crippen molar-refractivity contribution in [3.05, 3.63) is 53.8 Å². The van der Waals surface area contributed by atoms with Crippen LogP contribution in [0.5, 0.6) is 5.75 Å². The zero-order valence-electron chi connectivity index (χ0n) is 15.3. The molecular weight excluding hydrogens is 349 g/mol. The minimum atomic E-state index is -0.383. The molecule has 0 radical (unpaired) electrons. The number of hydrogen-bond donors (Lipinski definition) is 2. The number of carbonyl (C=O) groups is 1. The Morgan fingerprint density at radius 1 is 1.19 bits per heavy atom. The predicted octanol–water partition coefficient (Wildman–Crippen LogP) is 2.64. The molecule has 0 aromatic heterocycles. The van der Waals surface area contributed by atoms with E-state index < -0.39 is 0 Å². The highest BCUT2D eigenvalue weighted by atomic mass is 19.1. The fourth-order valence-electron chi connectivity index (χ4n) is 2.95. The molecule has 0 saturated carbocycles. The molecule has 1 aliphatic heterocycles. The van der Waals surface area contributed by atoms with Gasteiger partial charge in [0, 0.05) is 32.2 Å². The fourth-order valence-corrected chi connectivity index (χ4v) is 2.95. The zero-order chi connectivity index (χ0) is 19.1. The number of nitrogens with one attached hydrogen (secondary N) is 2. The van der Waals surface area contributed by atoms with Crippen molar-refractivity contribution in [3.63, 3.8) is 0 Å². The largest absolute Gasteiger partial charge is 0.494 e. The van der Waals surface area contributed by atoms with Gasteiger partial charge in [-0.1, -0.05) is 12.1 Å². The van der Waals surface area contributed by atoms with Crippen LogP contribution in [0.1, 0.15) is 10.4 Å². The molecule has 0 atom stereocenters. The molecular formula is C20H24FN3O3. The second-order valence-corrected chi connectivity index (χ2v) is 6.23. The van der Waals surface area contributed by atoms with Crippen molar-refractivity contribution >= 4 is 17.3 Å². The van der Waals surface area contributed by atoms with Crippen molar-refractivity contribution < 1.29 is 18.7 Å². The number of ether oxygens (including phenoxy) is 2. The minimum Gasteiger partial charge on any atom is -0.494 e. The molecule has 0 bridgehead atoms. The number of benzene rings is 2. The average Bonchev–Trinajstić information content (AvgIpc) is 2.70. The van der Waals surface area contributed by atoms with Crippen molar-refractivity contribution in [2.75, 3.05) is 51.8 Å². The summed E-state index contributed by atoms with van der Waals surface area (Å²) in [5.41, 5.74) is 1.74. The van der Waals surface area contributed by atoms with Crippen LogP contribution < -0.4 is 15.4 Å². The third kappa shape index (κ3) is 5.18. The Balaban J connectivity index is 1.65. The van der Waals surface area contributed by atoms with Gasteiger partial charge in [-0.2, -0.15) is 0 Å². The van der Waals surface area contributed by atoms with Gasteiger partial charge in [-0.25, -0.2) is 4.39 Å². The number of morpholine rings is 1. The van der Waals surface area contributed by atoms with Gasteiger partial charge in [0.05, 0.1) is 37.3 Å². The number of hydrogen-bond acceptors (Lipinski definition) is 5. The van der Waals surface area contributed by atoms with E-state index >= 15 is 0 Å². The van der Waals surface area contributed by atoms with Gasteiger partial charge in [0.1, 0.15) is 11.6 Å². The van der Waals surface area contributed by atoms with Gasteiger partial charge in [-0.15, -0.1) is 0 Å². The van der Waals surface area contributed by atoms with E-state index in [-0.39, 0.29) is 11.7 Å². The number of anilines is 2. The van der Waals surface area contributed by atoms with Crippen LogP contribution in [-0.4, -0.2) is 57.3 Å². The number of amides is 1. The molecule has 1 fully saturated rings. The molecule has 0 unspecified atom stereocenters. The molecule has 27 heavy (non-hydrogen) atoms. The molecule has 1 amide bonds. The molecule has 2 aromatic carbocycles.